The minimum absolute atomic E-state index is 0.254. The molecule has 30 heavy (non-hydrogen) atoms. The molecular weight excluding hydrogens is 446 g/mol. The highest BCUT2D eigenvalue weighted by Crippen LogP contribution is 2.41. The van der Waals surface area contributed by atoms with Gasteiger partial charge in [0.1, 0.15) is 5.60 Å². The maximum atomic E-state index is 12.3. The van der Waals surface area contributed by atoms with Gasteiger partial charge in [0.2, 0.25) is 5.91 Å². The maximum absolute atomic E-state index is 12.3. The molecule has 0 atom stereocenters. The van der Waals surface area contributed by atoms with Crippen molar-refractivity contribution in [2.75, 3.05) is 31.1 Å². The Morgan fingerprint density at radius 1 is 1.03 bits per heavy atom. The number of amides is 2. The predicted molar refractivity (Wildman–Crippen MR) is 121 cm³/mol. The quantitative estimate of drug-likeness (QED) is 0.608. The normalized spacial score (nSPS) is 15.6. The van der Waals surface area contributed by atoms with Gasteiger partial charge in [-0.15, -0.1) is 0 Å². The van der Waals surface area contributed by atoms with Gasteiger partial charge in [-0.2, -0.15) is 0 Å². The number of nitrogens with zero attached hydrogens (tertiary/aromatic N) is 2. The number of benzene rings is 2. The summed E-state index contributed by atoms with van der Waals surface area (Å²) in [4.78, 5) is 28.2. The highest BCUT2D eigenvalue weighted by atomic mass is 79.9. The van der Waals surface area contributed by atoms with E-state index >= 15 is 0 Å². The predicted octanol–water partition coefficient (Wildman–Crippen LogP) is 4.18. The van der Waals surface area contributed by atoms with Gasteiger partial charge in [0.25, 0.3) is 0 Å². The van der Waals surface area contributed by atoms with Crippen LogP contribution in [0.2, 0.25) is 0 Å². The molecule has 0 spiro atoms. The first kappa shape index (κ1) is 20.7. The number of ether oxygens (including phenoxy) is 1. The molecule has 1 aliphatic heterocycles. The van der Waals surface area contributed by atoms with E-state index in [-0.39, 0.29) is 6.09 Å². The van der Waals surface area contributed by atoms with Gasteiger partial charge < -0.3 is 20.3 Å². The van der Waals surface area contributed by atoms with E-state index in [9.17, 15) is 9.59 Å². The zero-order valence-corrected chi connectivity index (χ0v) is 19.1. The van der Waals surface area contributed by atoms with Crippen molar-refractivity contribution in [1.82, 2.24) is 4.90 Å². The van der Waals surface area contributed by atoms with Crippen LogP contribution in [0.15, 0.2) is 34.8 Å². The highest BCUT2D eigenvalue weighted by molar-refractivity contribution is 9.10. The molecule has 0 aromatic heterocycles. The lowest BCUT2D eigenvalue weighted by molar-refractivity contribution is 0.0240. The Morgan fingerprint density at radius 3 is 2.37 bits per heavy atom. The fourth-order valence-corrected chi connectivity index (χ4v) is 4.60. The summed E-state index contributed by atoms with van der Waals surface area (Å²) in [5.74, 6) is -0.404. The smallest absolute Gasteiger partial charge is 0.410 e. The Morgan fingerprint density at radius 2 is 1.73 bits per heavy atom. The molecular formula is C23H26BrN3O3. The molecule has 0 unspecified atom stereocenters. The highest BCUT2D eigenvalue weighted by Gasteiger charge is 2.28. The summed E-state index contributed by atoms with van der Waals surface area (Å²) in [7, 11) is 0. The maximum Gasteiger partial charge on any atom is 0.410 e. The summed E-state index contributed by atoms with van der Waals surface area (Å²) in [5, 5.41) is 0. The minimum atomic E-state index is -0.484. The lowest BCUT2D eigenvalue weighted by Crippen LogP contribution is -2.50. The van der Waals surface area contributed by atoms with Gasteiger partial charge in [-0.1, -0.05) is 22.0 Å². The van der Waals surface area contributed by atoms with Crippen LogP contribution < -0.4 is 10.6 Å². The number of piperazine rings is 1. The second-order valence-electron chi connectivity index (χ2n) is 8.82. The van der Waals surface area contributed by atoms with E-state index in [0.29, 0.717) is 25.1 Å². The third-order valence-corrected chi connectivity index (χ3v) is 5.98. The van der Waals surface area contributed by atoms with E-state index < -0.39 is 11.5 Å². The zero-order valence-electron chi connectivity index (χ0n) is 17.5. The van der Waals surface area contributed by atoms with Crippen molar-refractivity contribution in [2.45, 2.75) is 32.8 Å². The van der Waals surface area contributed by atoms with Crippen molar-refractivity contribution in [1.29, 1.82) is 0 Å². The first-order chi connectivity index (χ1) is 14.1. The van der Waals surface area contributed by atoms with E-state index in [4.69, 9.17) is 10.5 Å². The molecule has 1 aliphatic carbocycles. The summed E-state index contributed by atoms with van der Waals surface area (Å²) in [6, 6.07) is 10.3. The first-order valence-corrected chi connectivity index (χ1v) is 10.9. The Bertz CT molecular complexity index is 1020. The van der Waals surface area contributed by atoms with Crippen LogP contribution in [0.25, 0.3) is 11.1 Å². The molecule has 1 saturated heterocycles. The number of hydrogen-bond acceptors (Lipinski definition) is 4. The van der Waals surface area contributed by atoms with Gasteiger partial charge in [0.05, 0.1) is 0 Å². The molecule has 6 nitrogen and oxygen atoms in total. The largest absolute Gasteiger partial charge is 0.444 e. The summed E-state index contributed by atoms with van der Waals surface area (Å²) in [6.45, 7) is 8.41. The summed E-state index contributed by atoms with van der Waals surface area (Å²) < 4.78 is 6.33. The molecule has 2 amide bonds. The van der Waals surface area contributed by atoms with Crippen LogP contribution in [0.5, 0.6) is 0 Å². The number of carbonyl (C=O) groups excluding carboxylic acids is 2. The molecule has 158 valence electrons. The number of nitrogens with two attached hydrogens (primary N) is 1. The van der Waals surface area contributed by atoms with E-state index in [0.717, 1.165) is 39.9 Å². The Balaban J connectivity index is 1.50. The van der Waals surface area contributed by atoms with Gasteiger partial charge in [-0.25, -0.2) is 4.79 Å². The van der Waals surface area contributed by atoms with Gasteiger partial charge in [0.15, 0.2) is 0 Å². The average molecular weight is 472 g/mol. The standard InChI is InChI=1S/C23H26BrN3O3/c1-23(2,3)30-22(29)27-8-6-26(7-9-27)16-4-5-17-14(10-16)11-18-19(17)12-15(24)13-20(18)21(25)28/h4-5,10,12-13H,6-9,11H2,1-3H3,(H2,25,28). The van der Waals surface area contributed by atoms with Crippen molar-refractivity contribution in [2.24, 2.45) is 5.73 Å². The van der Waals surface area contributed by atoms with Crippen molar-refractivity contribution >= 4 is 33.6 Å². The molecule has 2 N–H and O–H groups in total. The first-order valence-electron chi connectivity index (χ1n) is 10.1. The van der Waals surface area contributed by atoms with Gasteiger partial charge in [0, 0.05) is 41.9 Å². The number of fused-ring (bicyclic) bond motifs is 3. The topological polar surface area (TPSA) is 75.9 Å². The van der Waals surface area contributed by atoms with E-state index in [1.54, 1.807) is 11.0 Å². The average Bonchev–Trinajstić information content (AvgIpc) is 3.03. The second kappa shape index (κ2) is 7.61. The number of rotatable bonds is 2. The third kappa shape index (κ3) is 4.03. The molecule has 1 fully saturated rings. The van der Waals surface area contributed by atoms with Gasteiger partial charge in [-0.05, 0) is 73.7 Å². The van der Waals surface area contributed by atoms with E-state index in [2.05, 4.69) is 39.0 Å². The number of hydrogen-bond donors (Lipinski definition) is 1. The number of carbonyl (C=O) groups is 2. The molecule has 0 saturated carbocycles. The second-order valence-corrected chi connectivity index (χ2v) is 9.73. The van der Waals surface area contributed by atoms with E-state index in [1.165, 1.54) is 5.56 Å². The summed E-state index contributed by atoms with van der Waals surface area (Å²) in [5.41, 5.74) is 11.2. The number of halogens is 1. The van der Waals surface area contributed by atoms with Crippen LogP contribution >= 0.6 is 15.9 Å². The lowest BCUT2D eigenvalue weighted by Gasteiger charge is -2.37. The van der Waals surface area contributed by atoms with Gasteiger partial charge >= 0.3 is 6.09 Å². The fourth-order valence-electron chi connectivity index (χ4n) is 4.14. The third-order valence-electron chi connectivity index (χ3n) is 5.52. The van der Waals surface area contributed by atoms with Gasteiger partial charge in [-0.3, -0.25) is 4.79 Å². The molecule has 4 rings (SSSR count). The summed E-state index contributed by atoms with van der Waals surface area (Å²) in [6.07, 6.45) is 0.443. The molecule has 7 heteroatoms. The van der Waals surface area contributed by atoms with Crippen LogP contribution in [0.3, 0.4) is 0 Å². The van der Waals surface area contributed by atoms with Crippen molar-refractivity contribution < 1.29 is 14.3 Å². The molecule has 1 heterocycles. The molecule has 2 aliphatic rings. The Kier molecular flexibility index (Phi) is 5.26. The SMILES string of the molecule is CC(C)(C)OC(=O)N1CCN(c2ccc3c(c2)Cc2c(C(N)=O)cc(Br)cc2-3)CC1. The number of anilines is 1. The number of primary amides is 1. The van der Waals surface area contributed by atoms with E-state index in [1.807, 2.05) is 26.8 Å². The lowest BCUT2D eigenvalue weighted by atomic mass is 10.0. The zero-order chi connectivity index (χ0) is 21.6. The molecule has 0 radical (unpaired) electrons. The van der Waals surface area contributed by atoms with Crippen LogP contribution in [0, 0.1) is 0 Å². The van der Waals surface area contributed by atoms with Crippen LogP contribution in [0.1, 0.15) is 42.3 Å². The summed E-state index contributed by atoms with van der Waals surface area (Å²) >= 11 is 3.49. The van der Waals surface area contributed by atoms with Crippen molar-refractivity contribution in [3.8, 4) is 11.1 Å². The Hall–Kier alpha value is -2.54. The van der Waals surface area contributed by atoms with Crippen LogP contribution in [-0.2, 0) is 11.2 Å². The monoisotopic (exact) mass is 471 g/mol. The molecule has 2 aromatic carbocycles. The van der Waals surface area contributed by atoms with Crippen LogP contribution in [-0.4, -0.2) is 48.7 Å². The van der Waals surface area contributed by atoms with Crippen molar-refractivity contribution in [3.05, 3.63) is 51.5 Å². The molecule has 2 aromatic rings. The minimum Gasteiger partial charge on any atom is -0.444 e. The fraction of sp³-hybridized carbons (Fsp3) is 0.391. The molecule has 0 bridgehead atoms. The van der Waals surface area contributed by atoms with Crippen molar-refractivity contribution in [3.63, 3.8) is 0 Å². The van der Waals surface area contributed by atoms with Crippen LogP contribution in [0.4, 0.5) is 10.5 Å². The Labute approximate surface area is 185 Å².